The summed E-state index contributed by atoms with van der Waals surface area (Å²) in [4.78, 5) is 25.6. The van der Waals surface area contributed by atoms with E-state index in [0.29, 0.717) is 12.1 Å². The number of rotatable bonds is 4. The molecule has 1 atom stereocenters. The van der Waals surface area contributed by atoms with Crippen LogP contribution in [-0.2, 0) is 24.8 Å². The number of nitrogens with one attached hydrogen (secondary N) is 1. The van der Waals surface area contributed by atoms with Crippen molar-refractivity contribution >= 4 is 27.3 Å². The van der Waals surface area contributed by atoms with E-state index in [0.717, 1.165) is 5.56 Å². The van der Waals surface area contributed by atoms with Gasteiger partial charge >= 0.3 is 0 Å². The summed E-state index contributed by atoms with van der Waals surface area (Å²) in [5.74, 6) is -0.517. The van der Waals surface area contributed by atoms with E-state index in [1.54, 1.807) is 0 Å². The summed E-state index contributed by atoms with van der Waals surface area (Å²) < 4.78 is 22.9. The highest BCUT2D eigenvalue weighted by Crippen LogP contribution is 2.25. The van der Waals surface area contributed by atoms with E-state index in [1.807, 2.05) is 24.3 Å². The van der Waals surface area contributed by atoms with E-state index in [-0.39, 0.29) is 41.3 Å². The van der Waals surface area contributed by atoms with Crippen LogP contribution in [-0.4, -0.2) is 44.3 Å². The Kier molecular flexibility index (Phi) is 5.56. The molecular formula is C18H26N2O4S. The average Bonchev–Trinajstić information content (AvgIpc) is 2.82. The number of anilines is 1. The first-order chi connectivity index (χ1) is 11.5. The van der Waals surface area contributed by atoms with Gasteiger partial charge in [0, 0.05) is 18.7 Å². The Morgan fingerprint density at radius 1 is 1.20 bits per heavy atom. The third kappa shape index (κ3) is 5.29. The molecule has 138 valence electrons. The number of nitrogens with zero attached hydrogens (tertiary/aromatic N) is 1. The molecule has 0 aliphatic carbocycles. The van der Waals surface area contributed by atoms with Gasteiger partial charge in [-0.2, -0.15) is 0 Å². The van der Waals surface area contributed by atoms with Gasteiger partial charge in [-0.25, -0.2) is 8.42 Å². The molecule has 1 unspecified atom stereocenters. The van der Waals surface area contributed by atoms with E-state index in [1.165, 1.54) is 11.8 Å². The second-order valence-electron chi connectivity index (χ2n) is 7.57. The lowest BCUT2D eigenvalue weighted by atomic mass is 9.87. The molecule has 0 spiro atoms. The smallest absolute Gasteiger partial charge is 0.240 e. The maximum atomic E-state index is 12.2. The number of hydrogen-bond acceptors (Lipinski definition) is 4. The Balaban J connectivity index is 2.06. The van der Waals surface area contributed by atoms with Gasteiger partial charge < -0.3 is 10.2 Å². The fourth-order valence-electron chi connectivity index (χ4n) is 2.85. The number of carbonyl (C=O) groups excluding carboxylic acids is 2. The fraction of sp³-hybridized carbons (Fsp3) is 0.556. The summed E-state index contributed by atoms with van der Waals surface area (Å²) in [6, 6.07) is 7.19. The molecule has 1 aliphatic rings. The van der Waals surface area contributed by atoms with Gasteiger partial charge in [0.15, 0.2) is 9.84 Å². The lowest BCUT2D eigenvalue weighted by Gasteiger charge is -2.24. The predicted octanol–water partition coefficient (Wildman–Crippen LogP) is 1.64. The first-order valence-electron chi connectivity index (χ1n) is 8.36. The van der Waals surface area contributed by atoms with Crippen LogP contribution in [0, 0.1) is 0 Å². The molecule has 1 aliphatic heterocycles. The number of carbonyl (C=O) groups is 2. The molecule has 6 nitrogen and oxygen atoms in total. The van der Waals surface area contributed by atoms with Gasteiger partial charge in [-0.1, -0.05) is 32.9 Å². The van der Waals surface area contributed by atoms with E-state index < -0.39 is 9.84 Å². The van der Waals surface area contributed by atoms with Crippen LogP contribution in [0.15, 0.2) is 24.3 Å². The van der Waals surface area contributed by atoms with Crippen molar-refractivity contribution in [2.75, 3.05) is 23.0 Å². The van der Waals surface area contributed by atoms with Crippen LogP contribution < -0.4 is 10.2 Å². The summed E-state index contributed by atoms with van der Waals surface area (Å²) in [6.45, 7) is 7.60. The first-order valence-corrected chi connectivity index (χ1v) is 10.2. The molecule has 2 rings (SSSR count). The van der Waals surface area contributed by atoms with Crippen molar-refractivity contribution < 1.29 is 18.0 Å². The van der Waals surface area contributed by atoms with E-state index in [9.17, 15) is 18.0 Å². The summed E-state index contributed by atoms with van der Waals surface area (Å²) in [7, 11) is -3.05. The van der Waals surface area contributed by atoms with Crippen molar-refractivity contribution in [1.82, 2.24) is 5.32 Å². The van der Waals surface area contributed by atoms with Crippen molar-refractivity contribution in [2.45, 2.75) is 45.6 Å². The normalized spacial score (nSPS) is 19.4. The molecule has 7 heteroatoms. The Morgan fingerprint density at radius 3 is 2.24 bits per heavy atom. The molecule has 25 heavy (non-hydrogen) atoms. The number of hydrogen-bond donors (Lipinski definition) is 1. The summed E-state index contributed by atoms with van der Waals surface area (Å²) in [6.07, 6.45) is 0.425. The summed E-state index contributed by atoms with van der Waals surface area (Å²) in [5.41, 5.74) is 1.79. The second-order valence-corrected chi connectivity index (χ2v) is 9.80. The number of sulfone groups is 1. The lowest BCUT2D eigenvalue weighted by Crippen LogP contribution is -2.44. The van der Waals surface area contributed by atoms with Gasteiger partial charge in [-0.05, 0) is 29.5 Å². The van der Waals surface area contributed by atoms with Gasteiger partial charge in [0.05, 0.1) is 11.5 Å². The standard InChI is InChI=1S/C18H26N2O4S/c1-13(21)20(16-7-5-14(6-8-16)18(2,3)4)11-17(22)19-15-9-10-25(23,24)12-15/h5-8,15H,9-12H2,1-4H3,(H,19,22). The van der Waals surface area contributed by atoms with Gasteiger partial charge in [0.2, 0.25) is 11.8 Å². The fourth-order valence-corrected chi connectivity index (χ4v) is 4.52. The minimum Gasteiger partial charge on any atom is -0.351 e. The summed E-state index contributed by atoms with van der Waals surface area (Å²) in [5, 5.41) is 2.71. The van der Waals surface area contributed by atoms with Crippen LogP contribution in [0.5, 0.6) is 0 Å². The topological polar surface area (TPSA) is 83.6 Å². The highest BCUT2D eigenvalue weighted by molar-refractivity contribution is 7.91. The second kappa shape index (κ2) is 7.15. The SMILES string of the molecule is CC(=O)N(CC(=O)NC1CCS(=O)(=O)C1)c1ccc(C(C)(C)C)cc1. The molecule has 1 heterocycles. The van der Waals surface area contributed by atoms with Crippen molar-refractivity contribution in [3.63, 3.8) is 0 Å². The van der Waals surface area contributed by atoms with Crippen LogP contribution in [0.25, 0.3) is 0 Å². The van der Waals surface area contributed by atoms with Crippen LogP contribution in [0.1, 0.15) is 39.7 Å². The minimum absolute atomic E-state index is 0.00488. The van der Waals surface area contributed by atoms with Crippen molar-refractivity contribution in [3.8, 4) is 0 Å². The van der Waals surface area contributed by atoms with Crippen LogP contribution in [0.3, 0.4) is 0 Å². The van der Waals surface area contributed by atoms with E-state index in [4.69, 9.17) is 0 Å². The highest BCUT2D eigenvalue weighted by Gasteiger charge is 2.29. The molecule has 0 aromatic heterocycles. The van der Waals surface area contributed by atoms with Gasteiger partial charge in [-0.15, -0.1) is 0 Å². The van der Waals surface area contributed by atoms with Gasteiger partial charge in [0.1, 0.15) is 6.54 Å². The molecule has 1 fully saturated rings. The van der Waals surface area contributed by atoms with Gasteiger partial charge in [-0.3, -0.25) is 9.59 Å². The zero-order valence-corrected chi connectivity index (χ0v) is 16.0. The van der Waals surface area contributed by atoms with Crippen LogP contribution >= 0.6 is 0 Å². The first kappa shape index (κ1) is 19.4. The molecule has 1 saturated heterocycles. The number of benzene rings is 1. The van der Waals surface area contributed by atoms with Gasteiger partial charge in [0.25, 0.3) is 0 Å². The molecule has 2 amide bonds. The Hall–Kier alpha value is -1.89. The largest absolute Gasteiger partial charge is 0.351 e. The molecule has 1 N–H and O–H groups in total. The van der Waals surface area contributed by atoms with E-state index in [2.05, 4.69) is 26.1 Å². The minimum atomic E-state index is -3.05. The van der Waals surface area contributed by atoms with Crippen LogP contribution in [0.4, 0.5) is 5.69 Å². The molecular weight excluding hydrogens is 340 g/mol. The molecule has 0 bridgehead atoms. The van der Waals surface area contributed by atoms with Crippen molar-refractivity contribution in [1.29, 1.82) is 0 Å². The van der Waals surface area contributed by atoms with Crippen LogP contribution in [0.2, 0.25) is 0 Å². The average molecular weight is 366 g/mol. The monoisotopic (exact) mass is 366 g/mol. The Bertz CT molecular complexity index is 748. The Morgan fingerprint density at radius 2 is 1.80 bits per heavy atom. The lowest BCUT2D eigenvalue weighted by molar-refractivity contribution is -0.123. The third-order valence-corrected chi connectivity index (χ3v) is 6.09. The Labute approximate surface area is 149 Å². The van der Waals surface area contributed by atoms with Crippen molar-refractivity contribution in [3.05, 3.63) is 29.8 Å². The predicted molar refractivity (Wildman–Crippen MR) is 98.4 cm³/mol. The molecule has 0 radical (unpaired) electrons. The van der Waals surface area contributed by atoms with Crippen molar-refractivity contribution in [2.24, 2.45) is 0 Å². The molecule has 0 saturated carbocycles. The third-order valence-electron chi connectivity index (χ3n) is 4.32. The zero-order valence-electron chi connectivity index (χ0n) is 15.2. The van der Waals surface area contributed by atoms with E-state index >= 15 is 0 Å². The summed E-state index contributed by atoms with van der Waals surface area (Å²) >= 11 is 0. The molecule has 1 aromatic carbocycles. The quantitative estimate of drug-likeness (QED) is 0.878. The maximum absolute atomic E-state index is 12.2. The zero-order chi connectivity index (χ0) is 18.8. The molecule has 1 aromatic rings. The highest BCUT2D eigenvalue weighted by atomic mass is 32.2. The number of amides is 2. The maximum Gasteiger partial charge on any atom is 0.240 e.